The standard InChI is InChI=1S/C18H11NO5S/c20-13-9-16(23-14-5-2-1-4-12(13)14)18(21)22-10-11-8-15(24-19-11)17-6-3-7-25-17/h1-9H,10H2. The zero-order valence-electron chi connectivity index (χ0n) is 12.8. The first kappa shape index (κ1) is 15.3. The van der Waals surface area contributed by atoms with Crippen molar-refractivity contribution >= 4 is 28.3 Å². The Morgan fingerprint density at radius 2 is 2.04 bits per heavy atom. The number of carbonyl (C=O) groups is 1. The molecule has 4 aromatic rings. The van der Waals surface area contributed by atoms with Gasteiger partial charge in [-0.1, -0.05) is 23.4 Å². The second-order valence-electron chi connectivity index (χ2n) is 5.21. The molecule has 124 valence electrons. The van der Waals surface area contributed by atoms with Gasteiger partial charge in [0.1, 0.15) is 17.9 Å². The second-order valence-corrected chi connectivity index (χ2v) is 6.15. The molecule has 0 aliphatic carbocycles. The van der Waals surface area contributed by atoms with Gasteiger partial charge >= 0.3 is 5.97 Å². The molecule has 4 rings (SSSR count). The summed E-state index contributed by atoms with van der Waals surface area (Å²) < 4.78 is 15.8. The van der Waals surface area contributed by atoms with Gasteiger partial charge in [-0.2, -0.15) is 0 Å². The van der Waals surface area contributed by atoms with Crippen LogP contribution < -0.4 is 5.43 Å². The molecule has 0 bridgehead atoms. The minimum absolute atomic E-state index is 0.0791. The van der Waals surface area contributed by atoms with Crippen LogP contribution in [0.1, 0.15) is 16.2 Å². The van der Waals surface area contributed by atoms with E-state index in [9.17, 15) is 9.59 Å². The van der Waals surface area contributed by atoms with Crippen LogP contribution in [0.2, 0.25) is 0 Å². The zero-order valence-corrected chi connectivity index (χ0v) is 13.6. The second kappa shape index (κ2) is 6.37. The van der Waals surface area contributed by atoms with Crippen LogP contribution >= 0.6 is 11.3 Å². The van der Waals surface area contributed by atoms with Crippen LogP contribution in [0.3, 0.4) is 0 Å². The van der Waals surface area contributed by atoms with Gasteiger partial charge in [0.25, 0.3) is 0 Å². The van der Waals surface area contributed by atoms with Crippen LogP contribution in [0.25, 0.3) is 21.6 Å². The third-order valence-electron chi connectivity index (χ3n) is 3.51. The molecular weight excluding hydrogens is 342 g/mol. The van der Waals surface area contributed by atoms with Gasteiger partial charge in [0, 0.05) is 12.1 Å². The number of fused-ring (bicyclic) bond motifs is 1. The number of para-hydroxylation sites is 1. The first-order chi connectivity index (χ1) is 12.2. The van der Waals surface area contributed by atoms with E-state index in [1.165, 1.54) is 11.3 Å². The minimum atomic E-state index is -0.733. The molecule has 0 saturated heterocycles. The number of nitrogens with zero attached hydrogens (tertiary/aromatic N) is 1. The maximum Gasteiger partial charge on any atom is 0.374 e. The van der Waals surface area contributed by atoms with Gasteiger partial charge in [0.05, 0.1) is 10.3 Å². The molecular formula is C18H11NO5S. The molecule has 0 unspecified atom stereocenters. The number of esters is 1. The lowest BCUT2D eigenvalue weighted by atomic mass is 10.2. The predicted molar refractivity (Wildman–Crippen MR) is 91.4 cm³/mol. The third-order valence-corrected chi connectivity index (χ3v) is 4.39. The molecule has 0 atom stereocenters. The Kier molecular flexibility index (Phi) is 3.91. The van der Waals surface area contributed by atoms with Gasteiger partial charge in [-0.05, 0) is 23.6 Å². The summed E-state index contributed by atoms with van der Waals surface area (Å²) in [6, 6.07) is 13.4. The number of thiophene rings is 1. The van der Waals surface area contributed by atoms with Crippen molar-refractivity contribution in [2.45, 2.75) is 6.61 Å². The van der Waals surface area contributed by atoms with Crippen molar-refractivity contribution in [2.24, 2.45) is 0 Å². The predicted octanol–water partition coefficient (Wildman–Crippen LogP) is 3.87. The highest BCUT2D eigenvalue weighted by Crippen LogP contribution is 2.25. The van der Waals surface area contributed by atoms with Crippen LogP contribution in [0.4, 0.5) is 0 Å². The Balaban J connectivity index is 1.50. The van der Waals surface area contributed by atoms with Crippen molar-refractivity contribution in [1.29, 1.82) is 0 Å². The van der Waals surface area contributed by atoms with Crippen LogP contribution in [0.5, 0.6) is 0 Å². The number of aromatic nitrogens is 1. The number of rotatable bonds is 4. The van der Waals surface area contributed by atoms with E-state index in [-0.39, 0.29) is 17.8 Å². The highest BCUT2D eigenvalue weighted by Gasteiger charge is 2.15. The van der Waals surface area contributed by atoms with Crippen LogP contribution in [-0.2, 0) is 11.3 Å². The smallest absolute Gasteiger partial charge is 0.374 e. The summed E-state index contributed by atoms with van der Waals surface area (Å²) in [5, 5.41) is 6.21. The molecule has 0 spiro atoms. The lowest BCUT2D eigenvalue weighted by Gasteiger charge is -2.03. The Labute approximate surface area is 145 Å². The molecule has 1 aromatic carbocycles. The van der Waals surface area contributed by atoms with Gasteiger partial charge in [-0.3, -0.25) is 4.79 Å². The Morgan fingerprint density at radius 1 is 1.16 bits per heavy atom. The number of carbonyl (C=O) groups excluding carboxylic acids is 1. The van der Waals surface area contributed by atoms with E-state index in [0.717, 1.165) is 10.9 Å². The molecule has 0 N–H and O–H groups in total. The fourth-order valence-corrected chi connectivity index (χ4v) is 3.00. The van der Waals surface area contributed by atoms with Crippen molar-refractivity contribution < 1.29 is 18.5 Å². The van der Waals surface area contributed by atoms with Gasteiger partial charge in [-0.15, -0.1) is 11.3 Å². The third kappa shape index (κ3) is 3.09. The average Bonchev–Trinajstić information content (AvgIpc) is 3.31. The zero-order chi connectivity index (χ0) is 17.2. The first-order valence-corrected chi connectivity index (χ1v) is 8.28. The molecule has 7 heteroatoms. The lowest BCUT2D eigenvalue weighted by molar-refractivity contribution is 0.0428. The fourth-order valence-electron chi connectivity index (χ4n) is 2.33. The number of benzene rings is 1. The van der Waals surface area contributed by atoms with E-state index in [4.69, 9.17) is 13.7 Å². The summed E-state index contributed by atoms with van der Waals surface area (Å²) in [4.78, 5) is 25.1. The Morgan fingerprint density at radius 3 is 2.88 bits per heavy atom. The van der Waals surface area contributed by atoms with Crippen molar-refractivity contribution in [3.05, 3.63) is 75.6 Å². The summed E-state index contributed by atoms with van der Waals surface area (Å²) in [6.45, 7) is -0.0791. The monoisotopic (exact) mass is 353 g/mol. The van der Waals surface area contributed by atoms with Crippen molar-refractivity contribution in [2.75, 3.05) is 0 Å². The van der Waals surface area contributed by atoms with Crippen LogP contribution in [0, 0.1) is 0 Å². The Hall–Kier alpha value is -3.19. The molecule has 0 aliphatic rings. The summed E-state index contributed by atoms with van der Waals surface area (Å²) in [5.74, 6) is -0.271. The normalized spacial score (nSPS) is 10.9. The average molecular weight is 353 g/mol. The van der Waals surface area contributed by atoms with E-state index >= 15 is 0 Å². The molecule has 6 nitrogen and oxygen atoms in total. The lowest BCUT2D eigenvalue weighted by Crippen LogP contribution is -2.10. The quantitative estimate of drug-likeness (QED) is 0.518. The first-order valence-electron chi connectivity index (χ1n) is 7.40. The topological polar surface area (TPSA) is 82.5 Å². The van der Waals surface area contributed by atoms with E-state index in [2.05, 4.69) is 5.16 Å². The van der Waals surface area contributed by atoms with Gasteiger partial charge < -0.3 is 13.7 Å². The molecule has 25 heavy (non-hydrogen) atoms. The molecule has 0 radical (unpaired) electrons. The van der Waals surface area contributed by atoms with Gasteiger partial charge in [0.2, 0.25) is 5.76 Å². The molecule has 0 fully saturated rings. The van der Waals surface area contributed by atoms with E-state index < -0.39 is 5.97 Å². The molecule has 3 aromatic heterocycles. The summed E-state index contributed by atoms with van der Waals surface area (Å²) >= 11 is 1.52. The van der Waals surface area contributed by atoms with Crippen molar-refractivity contribution in [1.82, 2.24) is 5.16 Å². The number of ether oxygens (including phenoxy) is 1. The molecule has 0 aliphatic heterocycles. The van der Waals surface area contributed by atoms with E-state index in [1.54, 1.807) is 30.3 Å². The summed E-state index contributed by atoms with van der Waals surface area (Å²) in [7, 11) is 0. The maximum absolute atomic E-state index is 12.1. The molecule has 0 saturated carbocycles. The number of hydrogen-bond acceptors (Lipinski definition) is 7. The highest BCUT2D eigenvalue weighted by molar-refractivity contribution is 7.13. The maximum atomic E-state index is 12.1. The van der Waals surface area contributed by atoms with E-state index in [1.807, 2.05) is 17.5 Å². The SMILES string of the molecule is O=C(OCc1cc(-c2cccs2)on1)c1cc(=O)c2ccccc2o1. The summed E-state index contributed by atoms with van der Waals surface area (Å²) in [5.41, 5.74) is 0.512. The number of hydrogen-bond donors (Lipinski definition) is 0. The minimum Gasteiger partial charge on any atom is -0.453 e. The van der Waals surface area contributed by atoms with E-state index in [0.29, 0.717) is 22.4 Å². The molecule has 3 heterocycles. The van der Waals surface area contributed by atoms with Crippen molar-refractivity contribution in [3.8, 4) is 10.6 Å². The van der Waals surface area contributed by atoms with Gasteiger partial charge in [0.15, 0.2) is 11.2 Å². The largest absolute Gasteiger partial charge is 0.453 e. The molecule has 0 amide bonds. The summed E-state index contributed by atoms with van der Waals surface area (Å²) in [6.07, 6.45) is 0. The highest BCUT2D eigenvalue weighted by atomic mass is 32.1. The Bertz CT molecular complexity index is 1090. The van der Waals surface area contributed by atoms with Crippen LogP contribution in [-0.4, -0.2) is 11.1 Å². The van der Waals surface area contributed by atoms with Gasteiger partial charge in [-0.25, -0.2) is 4.79 Å². The fraction of sp³-hybridized carbons (Fsp3) is 0.0556. The van der Waals surface area contributed by atoms with Crippen molar-refractivity contribution in [3.63, 3.8) is 0 Å². The van der Waals surface area contributed by atoms with Crippen LogP contribution in [0.15, 0.2) is 67.6 Å².